The third kappa shape index (κ3) is 3.06. The molecule has 0 spiro atoms. The van der Waals surface area contributed by atoms with Crippen molar-refractivity contribution in [3.05, 3.63) is 35.9 Å². The predicted molar refractivity (Wildman–Crippen MR) is 93.3 cm³/mol. The fraction of sp³-hybridized carbons (Fsp3) is 0.471. The summed E-state index contributed by atoms with van der Waals surface area (Å²) in [6, 6.07) is 11.2. The standard InChI is InChI=1S/C17H22BrN3/c1-20(2)12-15-7-5-9-21(15)17-14(11-18)10-13-6-3-4-8-16(13)19-17/h3-4,6,8,10,15H,5,7,9,11-12H2,1-2H3. The van der Waals surface area contributed by atoms with Gasteiger partial charge in [0, 0.05) is 35.4 Å². The summed E-state index contributed by atoms with van der Waals surface area (Å²) >= 11 is 3.63. The Hall–Kier alpha value is -1.13. The molecule has 0 amide bonds. The maximum Gasteiger partial charge on any atom is 0.133 e. The van der Waals surface area contributed by atoms with Gasteiger partial charge in [-0.2, -0.15) is 0 Å². The molecule has 3 nitrogen and oxygen atoms in total. The van der Waals surface area contributed by atoms with Crippen molar-refractivity contribution in [2.75, 3.05) is 32.1 Å². The van der Waals surface area contributed by atoms with Crippen LogP contribution in [0.3, 0.4) is 0 Å². The van der Waals surface area contributed by atoms with E-state index >= 15 is 0 Å². The van der Waals surface area contributed by atoms with E-state index in [1.165, 1.54) is 23.8 Å². The van der Waals surface area contributed by atoms with E-state index in [1.807, 2.05) is 0 Å². The van der Waals surface area contributed by atoms with Crippen LogP contribution in [0.4, 0.5) is 5.82 Å². The van der Waals surface area contributed by atoms with Gasteiger partial charge in [0.05, 0.1) is 5.52 Å². The topological polar surface area (TPSA) is 19.4 Å². The summed E-state index contributed by atoms with van der Waals surface area (Å²) in [6.07, 6.45) is 2.52. The third-order valence-electron chi connectivity index (χ3n) is 4.15. The van der Waals surface area contributed by atoms with Crippen molar-refractivity contribution in [3.63, 3.8) is 0 Å². The maximum atomic E-state index is 4.96. The van der Waals surface area contributed by atoms with Crippen LogP contribution >= 0.6 is 15.9 Å². The van der Waals surface area contributed by atoms with E-state index in [1.54, 1.807) is 0 Å². The molecule has 1 aromatic carbocycles. The summed E-state index contributed by atoms with van der Waals surface area (Å²) in [5.74, 6) is 1.16. The zero-order valence-electron chi connectivity index (χ0n) is 12.7. The monoisotopic (exact) mass is 347 g/mol. The summed E-state index contributed by atoms with van der Waals surface area (Å²) in [5.41, 5.74) is 2.38. The van der Waals surface area contributed by atoms with E-state index in [2.05, 4.69) is 70.2 Å². The van der Waals surface area contributed by atoms with Crippen LogP contribution in [0, 0.1) is 0 Å². The van der Waals surface area contributed by atoms with Crippen LogP contribution in [0.5, 0.6) is 0 Å². The van der Waals surface area contributed by atoms with Crippen LogP contribution in [0.15, 0.2) is 30.3 Å². The highest BCUT2D eigenvalue weighted by molar-refractivity contribution is 9.08. The molecule has 3 rings (SSSR count). The van der Waals surface area contributed by atoms with Gasteiger partial charge in [0.25, 0.3) is 0 Å². The molecule has 21 heavy (non-hydrogen) atoms. The first-order chi connectivity index (χ1) is 10.2. The number of fused-ring (bicyclic) bond motifs is 1. The second-order valence-corrected chi connectivity index (χ2v) is 6.61. The van der Waals surface area contributed by atoms with Gasteiger partial charge in [-0.15, -0.1) is 0 Å². The first-order valence-corrected chi connectivity index (χ1v) is 8.67. The Balaban J connectivity index is 2.01. The fourth-order valence-electron chi connectivity index (χ4n) is 3.22. The average Bonchev–Trinajstić information content (AvgIpc) is 2.93. The summed E-state index contributed by atoms with van der Waals surface area (Å²) < 4.78 is 0. The van der Waals surface area contributed by atoms with Crippen LogP contribution in [0.2, 0.25) is 0 Å². The quantitative estimate of drug-likeness (QED) is 0.786. The van der Waals surface area contributed by atoms with E-state index in [-0.39, 0.29) is 0 Å². The maximum absolute atomic E-state index is 4.96. The molecule has 1 aliphatic heterocycles. The average molecular weight is 348 g/mol. The fourth-order valence-corrected chi connectivity index (χ4v) is 3.64. The second-order valence-electron chi connectivity index (χ2n) is 6.05. The molecule has 0 aliphatic carbocycles. The van der Waals surface area contributed by atoms with Crippen LogP contribution in [0.1, 0.15) is 18.4 Å². The molecule has 1 atom stereocenters. The van der Waals surface area contributed by atoms with Gasteiger partial charge in [-0.3, -0.25) is 0 Å². The zero-order chi connectivity index (χ0) is 14.8. The summed E-state index contributed by atoms with van der Waals surface area (Å²) in [5, 5.41) is 2.07. The summed E-state index contributed by atoms with van der Waals surface area (Å²) in [7, 11) is 4.30. The van der Waals surface area contributed by atoms with Crippen molar-refractivity contribution >= 4 is 32.7 Å². The van der Waals surface area contributed by atoms with Crippen LogP contribution < -0.4 is 4.90 Å². The predicted octanol–water partition coefficient (Wildman–Crippen LogP) is 3.66. The number of pyridine rings is 1. The number of aromatic nitrogens is 1. The molecule has 1 aliphatic rings. The molecule has 1 saturated heterocycles. The van der Waals surface area contributed by atoms with Crippen molar-refractivity contribution in [3.8, 4) is 0 Å². The Kier molecular flexibility index (Phi) is 4.45. The number of rotatable bonds is 4. The highest BCUT2D eigenvalue weighted by Gasteiger charge is 2.27. The molecule has 2 aromatic rings. The normalized spacial score (nSPS) is 18.9. The molecule has 0 saturated carbocycles. The van der Waals surface area contributed by atoms with Gasteiger partial charge in [0.1, 0.15) is 5.82 Å². The largest absolute Gasteiger partial charge is 0.352 e. The molecule has 2 heterocycles. The Labute approximate surface area is 135 Å². The van der Waals surface area contributed by atoms with Gasteiger partial charge in [-0.1, -0.05) is 34.1 Å². The Morgan fingerprint density at radius 3 is 2.90 bits per heavy atom. The lowest BCUT2D eigenvalue weighted by molar-refractivity contribution is 0.371. The number of benzene rings is 1. The van der Waals surface area contributed by atoms with Gasteiger partial charge in [-0.25, -0.2) is 4.98 Å². The van der Waals surface area contributed by atoms with Crippen LogP contribution in [-0.2, 0) is 5.33 Å². The van der Waals surface area contributed by atoms with E-state index in [0.29, 0.717) is 6.04 Å². The number of para-hydroxylation sites is 1. The molecule has 0 bridgehead atoms. The number of likely N-dealkylation sites (N-methyl/N-ethyl adjacent to an activating group) is 1. The number of nitrogens with zero attached hydrogens (tertiary/aromatic N) is 3. The number of hydrogen-bond donors (Lipinski definition) is 0. The molecule has 0 N–H and O–H groups in total. The number of hydrogen-bond acceptors (Lipinski definition) is 3. The Bertz CT molecular complexity index is 626. The van der Waals surface area contributed by atoms with Crippen molar-refractivity contribution in [2.45, 2.75) is 24.2 Å². The van der Waals surface area contributed by atoms with Crippen molar-refractivity contribution in [1.29, 1.82) is 0 Å². The van der Waals surface area contributed by atoms with Gasteiger partial charge >= 0.3 is 0 Å². The number of halogens is 1. The molecule has 0 radical (unpaired) electrons. The van der Waals surface area contributed by atoms with E-state index in [0.717, 1.165) is 29.8 Å². The van der Waals surface area contributed by atoms with Gasteiger partial charge in [-0.05, 0) is 39.1 Å². The molecular formula is C17H22BrN3. The molecule has 112 valence electrons. The highest BCUT2D eigenvalue weighted by atomic mass is 79.9. The second kappa shape index (κ2) is 6.32. The molecule has 4 heteroatoms. The summed E-state index contributed by atoms with van der Waals surface area (Å²) in [6.45, 7) is 2.21. The van der Waals surface area contributed by atoms with Crippen molar-refractivity contribution in [1.82, 2.24) is 9.88 Å². The van der Waals surface area contributed by atoms with Crippen LogP contribution in [0.25, 0.3) is 10.9 Å². The first kappa shape index (κ1) is 14.8. The SMILES string of the molecule is CN(C)CC1CCCN1c1nc2ccccc2cc1CBr. The van der Waals surface area contributed by atoms with Gasteiger partial charge < -0.3 is 9.80 Å². The smallest absolute Gasteiger partial charge is 0.133 e. The van der Waals surface area contributed by atoms with E-state index in [4.69, 9.17) is 4.98 Å². The summed E-state index contributed by atoms with van der Waals surface area (Å²) in [4.78, 5) is 9.74. The Morgan fingerprint density at radius 1 is 1.33 bits per heavy atom. The van der Waals surface area contributed by atoms with E-state index < -0.39 is 0 Å². The minimum Gasteiger partial charge on any atom is -0.352 e. The van der Waals surface area contributed by atoms with Crippen LogP contribution in [-0.4, -0.2) is 43.1 Å². The minimum atomic E-state index is 0.575. The lowest BCUT2D eigenvalue weighted by Gasteiger charge is -2.29. The lowest BCUT2D eigenvalue weighted by atomic mass is 10.1. The number of anilines is 1. The van der Waals surface area contributed by atoms with Gasteiger partial charge in [0.15, 0.2) is 0 Å². The van der Waals surface area contributed by atoms with Gasteiger partial charge in [0.2, 0.25) is 0 Å². The molecule has 1 aromatic heterocycles. The third-order valence-corrected chi connectivity index (χ3v) is 4.75. The molecule has 1 fully saturated rings. The lowest BCUT2D eigenvalue weighted by Crippen LogP contribution is -2.38. The van der Waals surface area contributed by atoms with Crippen molar-refractivity contribution in [2.24, 2.45) is 0 Å². The highest BCUT2D eigenvalue weighted by Crippen LogP contribution is 2.31. The minimum absolute atomic E-state index is 0.575. The van der Waals surface area contributed by atoms with E-state index in [9.17, 15) is 0 Å². The zero-order valence-corrected chi connectivity index (χ0v) is 14.3. The Morgan fingerprint density at radius 2 is 2.14 bits per heavy atom. The first-order valence-electron chi connectivity index (χ1n) is 7.55. The molecule has 1 unspecified atom stereocenters. The van der Waals surface area contributed by atoms with Crippen molar-refractivity contribution < 1.29 is 0 Å². The number of alkyl halides is 1. The molecular weight excluding hydrogens is 326 g/mol.